The van der Waals surface area contributed by atoms with Crippen LogP contribution in [0.25, 0.3) is 27.6 Å². The first-order valence-corrected chi connectivity index (χ1v) is 48.1. The van der Waals surface area contributed by atoms with Crippen LogP contribution in [0.5, 0.6) is 29.8 Å². The number of anilines is 5. The van der Waals surface area contributed by atoms with Gasteiger partial charge in [-0.3, -0.25) is 29.3 Å². The fourth-order valence-corrected chi connectivity index (χ4v) is 18.7. The van der Waals surface area contributed by atoms with Gasteiger partial charge in [0.15, 0.2) is 17.2 Å². The molecule has 10 N–H and O–H groups in total. The molecular formula is C98H113F5N28O12. The number of hydrogen-bond acceptors (Lipinski definition) is 34. The molecule has 14 heterocycles. The molecule has 8 atom stereocenters. The zero-order valence-corrected chi connectivity index (χ0v) is 79.5. The van der Waals surface area contributed by atoms with Crippen LogP contribution in [-0.2, 0) is 11.2 Å². The fraction of sp³-hybridized carbons (Fsp3) is 0.520. The number of carbonyl (C=O) groups excluding carboxylic acids is 4. The van der Waals surface area contributed by atoms with Crippen molar-refractivity contribution in [1.82, 2.24) is 111 Å². The van der Waals surface area contributed by atoms with Gasteiger partial charge in [0, 0.05) is 154 Å². The average molecular weight is 1970 g/mol. The van der Waals surface area contributed by atoms with Gasteiger partial charge in [0.25, 0.3) is 29.6 Å². The van der Waals surface area contributed by atoms with Crippen molar-refractivity contribution in [3.05, 3.63) is 137 Å². The van der Waals surface area contributed by atoms with E-state index in [9.17, 15) is 42.6 Å². The minimum Gasteiger partial charge on any atom is -0.488 e. The number of allylic oxidation sites excluding steroid dienone is 2. The largest absolute Gasteiger partial charge is 0.488 e. The molecule has 0 aromatic carbocycles. The van der Waals surface area contributed by atoms with Crippen LogP contribution in [0.1, 0.15) is 187 Å². The monoisotopic (exact) mass is 1970 g/mol. The number of nitriles is 1. The van der Waals surface area contributed by atoms with E-state index in [1.54, 1.807) is 44.7 Å². The summed E-state index contributed by atoms with van der Waals surface area (Å²) in [6, 6.07) is 16.6. The number of nitrogens with two attached hydrogens (primary N) is 1. The number of pyridine rings is 3. The van der Waals surface area contributed by atoms with Gasteiger partial charge < -0.3 is 90.2 Å². The first-order chi connectivity index (χ1) is 69.0. The van der Waals surface area contributed by atoms with E-state index in [4.69, 9.17) is 52.3 Å². The summed E-state index contributed by atoms with van der Waals surface area (Å²) in [7, 11) is 1.59. The van der Waals surface area contributed by atoms with Crippen molar-refractivity contribution in [2.24, 2.45) is 46.8 Å². The Kier molecular flexibility index (Phi) is 30.7. The fourth-order valence-electron chi connectivity index (χ4n) is 18.7. The number of alkyl halides is 5. The lowest BCUT2D eigenvalue weighted by atomic mass is 9.50. The van der Waals surface area contributed by atoms with Crippen LogP contribution in [0.2, 0.25) is 0 Å². The van der Waals surface area contributed by atoms with E-state index in [0.717, 1.165) is 138 Å². The molecule has 143 heavy (non-hydrogen) atoms. The molecule has 21 rings (SSSR count). The van der Waals surface area contributed by atoms with Crippen molar-refractivity contribution >= 4 is 80.6 Å². The van der Waals surface area contributed by atoms with E-state index in [1.807, 2.05) is 42.3 Å². The summed E-state index contributed by atoms with van der Waals surface area (Å²) >= 11 is 0. The van der Waals surface area contributed by atoms with Crippen molar-refractivity contribution in [3.8, 4) is 60.5 Å². The third-order valence-corrected chi connectivity index (χ3v) is 27.5. The number of methoxy groups -OCH3 is 1. The highest BCUT2D eigenvalue weighted by molar-refractivity contribution is 5.95. The number of amides is 4. The second-order valence-electron chi connectivity index (χ2n) is 38.2. The number of aliphatic hydroxyl groups excluding tert-OH is 2. The number of piperidine rings is 4. The van der Waals surface area contributed by atoms with Crippen LogP contribution < -0.4 is 70.3 Å². The van der Waals surface area contributed by atoms with Gasteiger partial charge in [0.1, 0.15) is 54.3 Å². The minimum atomic E-state index is -4.56. The SMILES string of the molecule is C#CC1(COc2nc(C(=O)N[C@H](C)CO)cc(N3CCC(c4c[nH]c5ncccc45)CC3)n2)CC1.C#C[C@@H]1C[C@@H]1COc1nc(C(=O)NCC(F)(F)F)nc(N2CCC(c3[nH]nc4ncccc34)CC2)n1.COC[C@@H](C)Oc1nc(C(=O)N[C@H](C)CO)nc(N2CCC(C3=CCc4ncccc43)CC2)n1.N#C[C@@H]1C[C@@H]1COc1nc(C(=O)NC23CC(C2)C3)cc(N2CCC(COc3cncnc3N)C(F)(F)C2)n1. The molecule has 752 valence electrons. The van der Waals surface area contributed by atoms with Crippen molar-refractivity contribution in [2.75, 3.05) is 138 Å². The highest BCUT2D eigenvalue weighted by Gasteiger charge is 2.58. The van der Waals surface area contributed by atoms with E-state index < -0.39 is 54.8 Å². The van der Waals surface area contributed by atoms with Gasteiger partial charge >= 0.3 is 30.2 Å². The van der Waals surface area contributed by atoms with Crippen LogP contribution in [0.15, 0.2) is 91.9 Å². The van der Waals surface area contributed by atoms with E-state index in [0.29, 0.717) is 61.5 Å². The highest BCUT2D eigenvalue weighted by atomic mass is 19.4. The number of aliphatic hydroxyl groups is 2. The molecule has 0 radical (unpaired) electrons. The number of H-pyrrole nitrogens is 2. The lowest BCUT2D eigenvalue weighted by Crippen LogP contribution is -2.68. The van der Waals surface area contributed by atoms with Gasteiger partial charge in [0.05, 0.1) is 81.4 Å². The van der Waals surface area contributed by atoms with Crippen molar-refractivity contribution in [2.45, 2.75) is 165 Å². The zero-order valence-electron chi connectivity index (χ0n) is 79.5. The number of fused-ring (bicyclic) bond motifs is 3. The molecule has 10 fully saturated rings. The van der Waals surface area contributed by atoms with Gasteiger partial charge in [-0.2, -0.15) is 73.4 Å². The van der Waals surface area contributed by atoms with Crippen LogP contribution >= 0.6 is 0 Å². The number of nitrogens with zero attached hydrogens (tertiary/aromatic N) is 21. The normalized spacial score (nSPS) is 21.8. The van der Waals surface area contributed by atoms with Crippen molar-refractivity contribution < 1.29 is 79.8 Å². The smallest absolute Gasteiger partial charge is 0.405 e. The Labute approximate surface area is 820 Å². The number of hydrogen-bond donors (Lipinski definition) is 9. The summed E-state index contributed by atoms with van der Waals surface area (Å²) < 4.78 is 102. The number of ether oxygens (including phenoxy) is 6. The van der Waals surface area contributed by atoms with Gasteiger partial charge in [-0.1, -0.05) is 18.1 Å². The predicted molar refractivity (Wildman–Crippen MR) is 511 cm³/mol. The van der Waals surface area contributed by atoms with E-state index in [1.165, 1.54) is 45.6 Å². The molecule has 4 aliphatic heterocycles. The van der Waals surface area contributed by atoms with Gasteiger partial charge in [0.2, 0.25) is 23.5 Å². The Balaban J connectivity index is 0.000000131. The van der Waals surface area contributed by atoms with Gasteiger partial charge in [-0.15, -0.1) is 18.8 Å². The van der Waals surface area contributed by atoms with Crippen LogP contribution in [0.4, 0.5) is 51.3 Å². The topological polar surface area (TPSA) is 513 Å². The third kappa shape index (κ3) is 24.8. The summed E-state index contributed by atoms with van der Waals surface area (Å²) in [5.41, 5.74) is 13.3. The molecule has 6 saturated carbocycles. The first-order valence-electron chi connectivity index (χ1n) is 48.1. The lowest BCUT2D eigenvalue weighted by Gasteiger charge is -2.61. The molecule has 2 bridgehead atoms. The van der Waals surface area contributed by atoms with E-state index in [-0.39, 0.29) is 175 Å². The molecule has 10 aromatic heterocycles. The van der Waals surface area contributed by atoms with E-state index in [2.05, 4.69) is 158 Å². The highest BCUT2D eigenvalue weighted by Crippen LogP contribution is 2.57. The summed E-state index contributed by atoms with van der Waals surface area (Å²) in [5.74, 6) is 2.29. The molecule has 4 amide bonds. The zero-order chi connectivity index (χ0) is 100. The maximum atomic E-state index is 15.2. The summed E-state index contributed by atoms with van der Waals surface area (Å²) in [4.78, 5) is 126. The average Bonchev–Trinajstić information content (AvgIpc) is 1.05. The summed E-state index contributed by atoms with van der Waals surface area (Å²) in [6.45, 7) is 8.24. The Hall–Kier alpha value is -14.5. The molecule has 7 aliphatic carbocycles. The van der Waals surface area contributed by atoms with Crippen LogP contribution in [-0.4, -0.2) is 272 Å². The molecule has 10 aromatic rings. The van der Waals surface area contributed by atoms with Crippen LogP contribution in [0.3, 0.4) is 0 Å². The van der Waals surface area contributed by atoms with Gasteiger partial charge in [-0.25, -0.2) is 28.7 Å². The second kappa shape index (κ2) is 43.9. The van der Waals surface area contributed by atoms with Crippen LogP contribution in [0, 0.1) is 82.9 Å². The van der Waals surface area contributed by atoms with Crippen molar-refractivity contribution in [1.29, 1.82) is 5.26 Å². The molecule has 4 saturated heterocycles. The number of nitrogen functional groups attached to an aromatic ring is 1. The molecule has 11 aliphatic rings. The number of aromatic nitrogens is 18. The molecular weight excluding hydrogens is 1860 g/mol. The second-order valence-corrected chi connectivity index (χ2v) is 38.2. The maximum absolute atomic E-state index is 15.2. The lowest BCUT2D eigenvalue weighted by molar-refractivity contribution is -0.123. The summed E-state index contributed by atoms with van der Waals surface area (Å²) in [5, 5.41) is 47.4. The Morgan fingerprint density at radius 2 is 1.25 bits per heavy atom. The minimum absolute atomic E-state index is 0.0365. The molecule has 45 heteroatoms. The predicted octanol–water partition coefficient (Wildman–Crippen LogP) is 8.96. The standard InChI is InChI=1S/C26H30N6O3.C25H28F2N8O3.C24H32N6O4.C23H23F3N8O2/c1-3-26(8-9-26)16-35-25-30-21(24(34)29-17(2)15-33)13-22(31-25)32-11-6-18(7-12-32)20-14-28-23-19(20)5-4-10-27-23;26-25(27)12-35(2-1-17(25)11-37-19-9-30-13-31-21(19)29)20-4-18(22(36)34-24-5-14(6-24)7-24)32-23(33-20)38-10-16-3-15(16)8-28;1-15(13-31)26-22(32)21-27-23(29-24(28-21)34-16(2)14-33-3)30-11-8-17(9-12-30)18-6-7-20-19(18)5-4-10-25-20;1-2-13-10-15(13)11-36-22-30-19(20(35)28-12-23(24,25)26)29-21(31-22)34-8-5-14(6-9-34)17-16-4-3-7-27-18(16)33-32-17/h1,4-5,10,13-14,17-18,33H,6-9,11-12,15-16H2,2H3,(H,27,28)(H,29,34);4,9,13-17H,1-3,5-7,10-12H2,(H,34,36)(H2,29,30,31);4-6,10,15-17,31H,7-9,11-14H2,1-3H3,(H,26,32);1,3-4,7,13-15H,5-6,8-12H2,(H,28,35)(H,27,32,33)/t17-;14?,15-,16+,17?,24?;15-,16-;13-,15-/m1011/s1. The number of carbonyl (C=O) groups is 4. The quantitative estimate of drug-likeness (QED) is 0.0137. The van der Waals surface area contributed by atoms with Gasteiger partial charge in [-0.05, 0) is 175 Å². The number of terminal acetylenes is 2. The van der Waals surface area contributed by atoms with Crippen molar-refractivity contribution in [3.63, 3.8) is 0 Å². The number of halogens is 5. The molecule has 1 unspecified atom stereocenters. The Morgan fingerprint density at radius 3 is 1.88 bits per heavy atom. The summed E-state index contributed by atoms with van der Waals surface area (Å²) in [6.07, 6.45) is 31.1. The molecule has 40 nitrogen and oxygen atoms in total. The number of rotatable bonds is 33. The number of aromatic amines is 2. The Bertz CT molecular complexity index is 6370. The first kappa shape index (κ1) is 100. The van der Waals surface area contributed by atoms with E-state index >= 15 is 8.78 Å². The third-order valence-electron chi connectivity index (χ3n) is 27.5. The maximum Gasteiger partial charge on any atom is 0.405 e. The Morgan fingerprint density at radius 1 is 0.657 bits per heavy atom. The molecule has 0 spiro atoms. The number of nitrogens with one attached hydrogen (secondary N) is 6.